The van der Waals surface area contributed by atoms with E-state index < -0.39 is 29.4 Å². The van der Waals surface area contributed by atoms with Crippen LogP contribution < -0.4 is 0 Å². The first-order chi connectivity index (χ1) is 14.8. The maximum atomic E-state index is 15.0. The largest absolute Gasteiger partial charge is 0.340 e. The summed E-state index contributed by atoms with van der Waals surface area (Å²) in [6, 6.07) is 10.9. The lowest BCUT2D eigenvalue weighted by atomic mass is 9.59. The fourth-order valence-corrected chi connectivity index (χ4v) is 3.95. The molecule has 5 nitrogen and oxygen atoms in total. The van der Waals surface area contributed by atoms with Crippen LogP contribution in [0.3, 0.4) is 0 Å². The van der Waals surface area contributed by atoms with Crippen LogP contribution in [0.1, 0.15) is 21.6 Å². The summed E-state index contributed by atoms with van der Waals surface area (Å²) >= 11 is 0. The summed E-state index contributed by atoms with van der Waals surface area (Å²) in [5.41, 5.74) is 1.89. The Bertz CT molecular complexity index is 1350. The van der Waals surface area contributed by atoms with Gasteiger partial charge in [-0.15, -0.1) is 0 Å². The monoisotopic (exact) mass is 410 g/mol. The van der Waals surface area contributed by atoms with E-state index in [1.807, 2.05) is 12.3 Å². The predicted octanol–water partition coefficient (Wildman–Crippen LogP) is 3.02. The molecule has 1 amide bonds. The van der Waals surface area contributed by atoms with Crippen LogP contribution in [0.5, 0.6) is 0 Å². The molecule has 4 aromatic rings. The molecule has 9 heteroatoms. The number of amides is 1. The van der Waals surface area contributed by atoms with Gasteiger partial charge in [0.25, 0.3) is 5.91 Å². The van der Waals surface area contributed by atoms with Gasteiger partial charge in [0.2, 0.25) is 0 Å². The minimum absolute atomic E-state index is 0.169. The second-order valence-electron chi connectivity index (χ2n) is 7.61. The summed E-state index contributed by atoms with van der Waals surface area (Å²) in [6.45, 7) is -0.429. The molecule has 0 saturated carbocycles. The maximum absolute atomic E-state index is 15.0. The normalized spacial score (nSPS) is 14.9. The summed E-state index contributed by atoms with van der Waals surface area (Å²) in [6.07, 6.45) is 3.28. The lowest BCUT2D eigenvalue weighted by Gasteiger charge is -2.33. The number of hydrogen-bond donors (Lipinski definition) is 0. The Balaban J connectivity index is 1.51. The highest BCUT2D eigenvalue weighted by molar-refractivity contribution is 6.42. The molecule has 0 bridgehead atoms. The smallest absolute Gasteiger partial charge is 0.255 e. The van der Waals surface area contributed by atoms with Crippen molar-refractivity contribution >= 4 is 32.5 Å². The van der Waals surface area contributed by atoms with Crippen molar-refractivity contribution in [1.82, 2.24) is 19.7 Å². The number of fused-ring (bicyclic) bond motifs is 2. The molecule has 2 aromatic carbocycles. The first-order valence-electron chi connectivity index (χ1n) is 9.52. The highest BCUT2D eigenvalue weighted by Crippen LogP contribution is 2.35. The molecule has 31 heavy (non-hydrogen) atoms. The minimum Gasteiger partial charge on any atom is -0.340 e. The van der Waals surface area contributed by atoms with E-state index in [4.69, 9.17) is 15.7 Å². The van der Waals surface area contributed by atoms with Crippen molar-refractivity contribution in [2.45, 2.75) is 11.9 Å². The first kappa shape index (κ1) is 19.5. The summed E-state index contributed by atoms with van der Waals surface area (Å²) in [4.78, 5) is 17.8. The molecule has 0 fully saturated rings. The molecule has 0 N–H and O–H groups in total. The van der Waals surface area contributed by atoms with Gasteiger partial charge >= 0.3 is 0 Å². The van der Waals surface area contributed by atoms with Crippen molar-refractivity contribution in [3.63, 3.8) is 0 Å². The summed E-state index contributed by atoms with van der Waals surface area (Å²) in [7, 11) is 14.0. The van der Waals surface area contributed by atoms with Crippen molar-refractivity contribution in [3.8, 4) is 11.1 Å². The van der Waals surface area contributed by atoms with E-state index in [0.29, 0.717) is 11.1 Å². The Labute approximate surface area is 179 Å². The summed E-state index contributed by atoms with van der Waals surface area (Å²) in [5.74, 6) is -2.12. The fourth-order valence-electron chi connectivity index (χ4n) is 3.95. The zero-order valence-corrected chi connectivity index (χ0v) is 16.5. The third kappa shape index (κ3) is 3.03. The number of pyridine rings is 1. The Hall–Kier alpha value is -3.48. The Morgan fingerprint density at radius 2 is 1.81 bits per heavy atom. The van der Waals surface area contributed by atoms with Crippen molar-refractivity contribution in [2.24, 2.45) is 7.05 Å². The highest BCUT2D eigenvalue weighted by atomic mass is 19.1. The minimum atomic E-state index is -1.77. The van der Waals surface area contributed by atoms with Gasteiger partial charge in [0.1, 0.15) is 11.6 Å². The summed E-state index contributed by atoms with van der Waals surface area (Å²) < 4.78 is 31.6. The number of benzene rings is 2. The molecule has 4 radical (unpaired) electrons. The Morgan fingerprint density at radius 3 is 2.52 bits per heavy atom. The lowest BCUT2D eigenvalue weighted by molar-refractivity contribution is 0.0727. The number of hydrogen-bond acceptors (Lipinski definition) is 3. The number of aromatic nitrogens is 3. The van der Waals surface area contributed by atoms with Gasteiger partial charge in [-0.3, -0.25) is 14.5 Å². The number of carbonyl (C=O) groups is 1. The lowest BCUT2D eigenvalue weighted by Crippen LogP contribution is -2.45. The van der Waals surface area contributed by atoms with Crippen LogP contribution in [0.15, 0.2) is 54.9 Å². The molecule has 2 aromatic heterocycles. The molecular weight excluding hydrogens is 396 g/mol. The molecule has 0 saturated heterocycles. The number of nitrogens with zero attached hydrogens (tertiary/aromatic N) is 4. The fraction of sp³-hybridized carbons (Fsp3) is 0.136. The number of halogens is 2. The van der Waals surface area contributed by atoms with E-state index in [1.54, 1.807) is 29.9 Å². The molecule has 0 unspecified atom stereocenters. The Morgan fingerprint density at radius 1 is 1.06 bits per heavy atom. The van der Waals surface area contributed by atoms with Crippen LogP contribution in [0.25, 0.3) is 22.0 Å². The predicted molar refractivity (Wildman–Crippen MR) is 113 cm³/mol. The molecule has 1 aliphatic heterocycles. The van der Waals surface area contributed by atoms with Gasteiger partial charge in [0, 0.05) is 35.7 Å². The Kier molecular flexibility index (Phi) is 4.25. The maximum Gasteiger partial charge on any atom is 0.255 e. The van der Waals surface area contributed by atoms with E-state index in [1.165, 1.54) is 24.4 Å². The van der Waals surface area contributed by atoms with Crippen LogP contribution in [-0.4, -0.2) is 41.3 Å². The van der Waals surface area contributed by atoms with Gasteiger partial charge in [-0.25, -0.2) is 8.78 Å². The number of carbonyl (C=O) groups excluding carboxylic acids is 1. The second kappa shape index (κ2) is 6.77. The second-order valence-corrected chi connectivity index (χ2v) is 7.61. The third-order valence-electron chi connectivity index (χ3n) is 5.52. The van der Waals surface area contributed by atoms with Gasteiger partial charge < -0.3 is 4.90 Å². The molecule has 0 aliphatic carbocycles. The van der Waals surface area contributed by atoms with Gasteiger partial charge in [-0.2, -0.15) is 5.10 Å². The van der Waals surface area contributed by atoms with E-state index in [-0.39, 0.29) is 16.8 Å². The van der Waals surface area contributed by atoms with E-state index >= 15 is 0 Å². The van der Waals surface area contributed by atoms with Crippen molar-refractivity contribution in [1.29, 1.82) is 0 Å². The molecule has 0 atom stereocenters. The molecule has 5 rings (SSSR count). The SMILES string of the molecule is [B]C1([B])c2ncccc2C(=O)N1Cc1c(F)cc(-c2ccc3nn(C)cc3c2)cc1F. The molecule has 3 heterocycles. The van der Waals surface area contributed by atoms with Crippen LogP contribution in [0.2, 0.25) is 0 Å². The van der Waals surface area contributed by atoms with Gasteiger partial charge in [0.05, 0.1) is 39.0 Å². The molecule has 1 aliphatic rings. The van der Waals surface area contributed by atoms with Gasteiger partial charge in [-0.05, 0) is 47.5 Å². The zero-order chi connectivity index (χ0) is 21.9. The van der Waals surface area contributed by atoms with Gasteiger partial charge in [-0.1, -0.05) is 6.07 Å². The van der Waals surface area contributed by atoms with Gasteiger partial charge in [0.15, 0.2) is 0 Å². The van der Waals surface area contributed by atoms with E-state index in [0.717, 1.165) is 15.8 Å². The summed E-state index contributed by atoms with van der Waals surface area (Å²) in [5, 5.41) is 3.38. The number of rotatable bonds is 3. The first-order valence-corrected chi connectivity index (χ1v) is 9.52. The molecular formula is C22H14B2F2N4O. The van der Waals surface area contributed by atoms with Crippen LogP contribution in [0.4, 0.5) is 8.78 Å². The van der Waals surface area contributed by atoms with E-state index in [2.05, 4.69) is 10.1 Å². The average molecular weight is 410 g/mol. The van der Waals surface area contributed by atoms with Crippen LogP contribution >= 0.6 is 0 Å². The molecule has 148 valence electrons. The van der Waals surface area contributed by atoms with Crippen molar-refractivity contribution in [3.05, 3.63) is 83.3 Å². The van der Waals surface area contributed by atoms with Crippen LogP contribution in [-0.2, 0) is 18.9 Å². The quantitative estimate of drug-likeness (QED) is 0.489. The van der Waals surface area contributed by atoms with E-state index in [9.17, 15) is 13.6 Å². The third-order valence-corrected chi connectivity index (χ3v) is 5.52. The number of aryl methyl sites for hydroxylation is 1. The highest BCUT2D eigenvalue weighted by Gasteiger charge is 2.43. The van der Waals surface area contributed by atoms with Crippen molar-refractivity contribution in [2.75, 3.05) is 0 Å². The average Bonchev–Trinajstić information content (AvgIpc) is 3.19. The van der Waals surface area contributed by atoms with Crippen molar-refractivity contribution < 1.29 is 13.6 Å². The topological polar surface area (TPSA) is 51.0 Å². The van der Waals surface area contributed by atoms with Crippen LogP contribution in [0, 0.1) is 11.6 Å². The standard InChI is InChI=1S/C22H14B2F2N4O/c1-29-10-14-7-12(4-5-19(14)28-29)13-8-17(25)16(18(26)9-13)11-30-21(31)15-3-2-6-27-20(15)22(30,23)24/h2-10H,11H2,1H3. The zero-order valence-electron chi connectivity index (χ0n) is 16.5. The molecule has 0 spiro atoms.